The molecule has 1 aromatic carbocycles. The van der Waals surface area contributed by atoms with E-state index >= 15 is 0 Å². The van der Waals surface area contributed by atoms with Crippen LogP contribution in [0.5, 0.6) is 0 Å². The van der Waals surface area contributed by atoms with Crippen molar-refractivity contribution in [3.63, 3.8) is 0 Å². The van der Waals surface area contributed by atoms with Gasteiger partial charge in [0.25, 0.3) is 0 Å². The number of halogens is 2. The first-order valence-corrected chi connectivity index (χ1v) is 7.51. The van der Waals surface area contributed by atoms with Crippen LogP contribution in [0, 0.1) is 5.92 Å². The zero-order chi connectivity index (χ0) is 14.5. The number of carbonyl (C=O) groups excluding carboxylic acids is 1. The summed E-state index contributed by atoms with van der Waals surface area (Å²) in [6, 6.07) is 4.93. The summed E-state index contributed by atoms with van der Waals surface area (Å²) in [5, 5.41) is 7.04. The maximum absolute atomic E-state index is 12.3. The van der Waals surface area contributed by atoms with E-state index in [1.165, 1.54) is 0 Å². The Morgan fingerprint density at radius 1 is 1.45 bits per heavy atom. The molecule has 1 heterocycles. The highest BCUT2D eigenvalue weighted by molar-refractivity contribution is 6.35. The molecule has 1 aliphatic rings. The molecule has 1 aliphatic heterocycles. The highest BCUT2D eigenvalue weighted by atomic mass is 35.5. The Balaban J connectivity index is 1.99. The van der Waals surface area contributed by atoms with E-state index in [0.717, 1.165) is 32.5 Å². The number of urea groups is 1. The molecule has 0 bridgehead atoms. The molecule has 0 spiro atoms. The SMILES string of the molecule is CNCC1CCCN(C(=O)Nc2cc(Cl)ccc2Cl)C1. The molecule has 110 valence electrons. The predicted molar refractivity (Wildman–Crippen MR) is 83.7 cm³/mol. The van der Waals surface area contributed by atoms with Crippen LogP contribution in [0.25, 0.3) is 0 Å². The number of amides is 2. The van der Waals surface area contributed by atoms with Gasteiger partial charge >= 0.3 is 6.03 Å². The Labute approximate surface area is 129 Å². The van der Waals surface area contributed by atoms with Gasteiger partial charge < -0.3 is 15.5 Å². The van der Waals surface area contributed by atoms with E-state index < -0.39 is 0 Å². The van der Waals surface area contributed by atoms with Gasteiger partial charge in [0, 0.05) is 18.1 Å². The smallest absolute Gasteiger partial charge is 0.321 e. The second-order valence-electron chi connectivity index (χ2n) is 5.07. The molecule has 0 radical (unpaired) electrons. The van der Waals surface area contributed by atoms with E-state index in [9.17, 15) is 4.79 Å². The van der Waals surface area contributed by atoms with E-state index in [2.05, 4.69) is 10.6 Å². The van der Waals surface area contributed by atoms with Gasteiger partial charge in [0.1, 0.15) is 0 Å². The van der Waals surface area contributed by atoms with E-state index in [1.807, 2.05) is 11.9 Å². The van der Waals surface area contributed by atoms with Crippen LogP contribution < -0.4 is 10.6 Å². The molecule has 0 saturated carbocycles. The number of hydrogen-bond donors (Lipinski definition) is 2. The van der Waals surface area contributed by atoms with Crippen molar-refractivity contribution in [2.24, 2.45) is 5.92 Å². The number of nitrogens with zero attached hydrogens (tertiary/aromatic N) is 1. The lowest BCUT2D eigenvalue weighted by atomic mass is 9.98. The van der Waals surface area contributed by atoms with Gasteiger partial charge in [-0.3, -0.25) is 0 Å². The van der Waals surface area contributed by atoms with Crippen molar-refractivity contribution < 1.29 is 4.79 Å². The topological polar surface area (TPSA) is 44.4 Å². The fourth-order valence-corrected chi connectivity index (χ4v) is 2.83. The molecule has 2 N–H and O–H groups in total. The molecule has 1 aromatic rings. The van der Waals surface area contributed by atoms with Crippen LogP contribution in [-0.2, 0) is 0 Å². The lowest BCUT2D eigenvalue weighted by Crippen LogP contribution is -2.44. The third-order valence-corrected chi connectivity index (χ3v) is 4.03. The summed E-state index contributed by atoms with van der Waals surface area (Å²) in [5.41, 5.74) is 0.555. The molecule has 4 nitrogen and oxygen atoms in total. The van der Waals surface area contributed by atoms with Gasteiger partial charge in [0.15, 0.2) is 0 Å². The first kappa shape index (κ1) is 15.4. The van der Waals surface area contributed by atoms with Crippen molar-refractivity contribution in [1.82, 2.24) is 10.2 Å². The number of hydrogen-bond acceptors (Lipinski definition) is 2. The van der Waals surface area contributed by atoms with Gasteiger partial charge in [0.05, 0.1) is 10.7 Å². The second kappa shape index (κ2) is 7.16. The zero-order valence-corrected chi connectivity index (χ0v) is 13.0. The molecule has 2 rings (SSSR count). The van der Waals surface area contributed by atoms with Gasteiger partial charge in [-0.2, -0.15) is 0 Å². The molecular formula is C14H19Cl2N3O. The lowest BCUT2D eigenvalue weighted by molar-refractivity contribution is 0.177. The second-order valence-corrected chi connectivity index (χ2v) is 5.91. The molecule has 20 heavy (non-hydrogen) atoms. The lowest BCUT2D eigenvalue weighted by Gasteiger charge is -2.32. The molecule has 1 unspecified atom stereocenters. The third-order valence-electron chi connectivity index (χ3n) is 3.47. The number of anilines is 1. The summed E-state index contributed by atoms with van der Waals surface area (Å²) in [6.45, 7) is 2.48. The first-order valence-electron chi connectivity index (χ1n) is 6.75. The van der Waals surface area contributed by atoms with Crippen LogP contribution >= 0.6 is 23.2 Å². The summed E-state index contributed by atoms with van der Waals surface area (Å²) in [4.78, 5) is 14.1. The molecule has 0 aromatic heterocycles. The number of benzene rings is 1. The van der Waals surface area contributed by atoms with Crippen molar-refractivity contribution in [1.29, 1.82) is 0 Å². The van der Waals surface area contributed by atoms with Gasteiger partial charge in [-0.25, -0.2) is 4.79 Å². The van der Waals surface area contributed by atoms with Crippen LogP contribution in [0.4, 0.5) is 10.5 Å². The number of rotatable bonds is 3. The zero-order valence-electron chi connectivity index (χ0n) is 11.5. The normalized spacial score (nSPS) is 18.9. The Morgan fingerprint density at radius 2 is 2.25 bits per heavy atom. The minimum absolute atomic E-state index is 0.116. The van der Waals surface area contributed by atoms with Gasteiger partial charge in [0.2, 0.25) is 0 Å². The number of piperidine rings is 1. The maximum Gasteiger partial charge on any atom is 0.321 e. The Hall–Kier alpha value is -0.970. The van der Waals surface area contributed by atoms with Crippen LogP contribution in [0.1, 0.15) is 12.8 Å². The van der Waals surface area contributed by atoms with Gasteiger partial charge in [-0.15, -0.1) is 0 Å². The summed E-state index contributed by atoms with van der Waals surface area (Å²) in [6.07, 6.45) is 2.19. The van der Waals surface area contributed by atoms with Gasteiger partial charge in [-0.05, 0) is 50.6 Å². The fraction of sp³-hybridized carbons (Fsp3) is 0.500. The average molecular weight is 316 g/mol. The molecule has 2 amide bonds. The van der Waals surface area contributed by atoms with Crippen molar-refractivity contribution in [2.75, 3.05) is 32.0 Å². The molecular weight excluding hydrogens is 297 g/mol. The minimum Gasteiger partial charge on any atom is -0.324 e. The monoisotopic (exact) mass is 315 g/mol. The van der Waals surface area contributed by atoms with Crippen LogP contribution in [-0.4, -0.2) is 37.6 Å². The summed E-state index contributed by atoms with van der Waals surface area (Å²) < 4.78 is 0. The van der Waals surface area contributed by atoms with Crippen LogP contribution in [0.15, 0.2) is 18.2 Å². The summed E-state index contributed by atoms with van der Waals surface area (Å²) in [5.74, 6) is 0.509. The van der Waals surface area contributed by atoms with Crippen molar-refractivity contribution in [3.8, 4) is 0 Å². The molecule has 1 fully saturated rings. The average Bonchev–Trinajstić information content (AvgIpc) is 2.43. The molecule has 6 heteroatoms. The molecule has 1 saturated heterocycles. The Kier molecular flexibility index (Phi) is 5.52. The van der Waals surface area contributed by atoms with Crippen molar-refractivity contribution in [2.45, 2.75) is 12.8 Å². The maximum atomic E-state index is 12.3. The van der Waals surface area contributed by atoms with Crippen molar-refractivity contribution >= 4 is 34.9 Å². The van der Waals surface area contributed by atoms with Crippen molar-refractivity contribution in [3.05, 3.63) is 28.2 Å². The fourth-order valence-electron chi connectivity index (χ4n) is 2.49. The van der Waals surface area contributed by atoms with E-state index in [4.69, 9.17) is 23.2 Å². The summed E-state index contributed by atoms with van der Waals surface area (Å²) in [7, 11) is 1.94. The quantitative estimate of drug-likeness (QED) is 0.897. The number of carbonyl (C=O) groups is 1. The standard InChI is InChI=1S/C14H19Cl2N3O/c1-17-8-10-3-2-6-19(9-10)14(20)18-13-7-11(15)4-5-12(13)16/h4-5,7,10,17H,2-3,6,8-9H2,1H3,(H,18,20). The molecule has 1 atom stereocenters. The van der Waals surface area contributed by atoms with Crippen LogP contribution in [0.3, 0.4) is 0 Å². The largest absolute Gasteiger partial charge is 0.324 e. The van der Waals surface area contributed by atoms with E-state index in [1.54, 1.807) is 18.2 Å². The first-order chi connectivity index (χ1) is 9.60. The third kappa shape index (κ3) is 4.01. The number of nitrogens with one attached hydrogen (secondary N) is 2. The highest BCUT2D eigenvalue weighted by Gasteiger charge is 2.23. The molecule has 0 aliphatic carbocycles. The Bertz CT molecular complexity index is 479. The summed E-state index contributed by atoms with van der Waals surface area (Å²) >= 11 is 12.0. The van der Waals surface area contributed by atoms with E-state index in [0.29, 0.717) is 21.7 Å². The minimum atomic E-state index is -0.116. The Morgan fingerprint density at radius 3 is 3.00 bits per heavy atom. The van der Waals surface area contributed by atoms with Gasteiger partial charge in [-0.1, -0.05) is 23.2 Å². The van der Waals surface area contributed by atoms with E-state index in [-0.39, 0.29) is 6.03 Å². The number of likely N-dealkylation sites (tertiary alicyclic amines) is 1. The highest BCUT2D eigenvalue weighted by Crippen LogP contribution is 2.26. The predicted octanol–water partition coefficient (Wildman–Crippen LogP) is 3.46. The van der Waals surface area contributed by atoms with Crippen LogP contribution in [0.2, 0.25) is 10.0 Å².